The lowest BCUT2D eigenvalue weighted by Crippen LogP contribution is -2.46. The van der Waals surface area contributed by atoms with Crippen molar-refractivity contribution in [1.82, 2.24) is 9.91 Å². The maximum Gasteiger partial charge on any atom is 0.266 e. The van der Waals surface area contributed by atoms with Crippen molar-refractivity contribution < 1.29 is 26.7 Å². The number of hydrazine groups is 1. The number of nitrogens with zero attached hydrogens (tertiary/aromatic N) is 2. The summed E-state index contributed by atoms with van der Waals surface area (Å²) < 4.78 is 58.8. The average molecular weight is 648 g/mol. The van der Waals surface area contributed by atoms with Gasteiger partial charge >= 0.3 is 0 Å². The van der Waals surface area contributed by atoms with Crippen LogP contribution in [0.15, 0.2) is 59.5 Å². The summed E-state index contributed by atoms with van der Waals surface area (Å²) >= 11 is 7.40. The van der Waals surface area contributed by atoms with Gasteiger partial charge in [-0.05, 0) is 73.2 Å². The van der Waals surface area contributed by atoms with Crippen molar-refractivity contribution in [3.05, 3.63) is 81.7 Å². The number of hydrogen-bond acceptors (Lipinski definition) is 7. The standard InChI is InChI=1S/C31H32ClF2N3O4S2/c1-36(35)21-7-9-22(10-8-21)37(31(38)30-28(32)27-24(33)13-14-25(34)29(27)42-30)17-20-16-19(6-15-26(20)41-2)18-4-11-23(12-5-18)43(3,39)40/h4-6,11-16,21-22H,7-10,17,35H2,1-3H3/t21-,22-. The lowest BCUT2D eigenvalue weighted by atomic mass is 9.89. The number of methoxy groups -OCH3 is 1. The van der Waals surface area contributed by atoms with Crippen LogP contribution in [0.3, 0.4) is 0 Å². The molecule has 0 saturated heterocycles. The lowest BCUT2D eigenvalue weighted by Gasteiger charge is -2.38. The average Bonchev–Trinajstić information content (AvgIpc) is 3.35. The van der Waals surface area contributed by atoms with Crippen LogP contribution in [0.2, 0.25) is 5.02 Å². The smallest absolute Gasteiger partial charge is 0.266 e. The minimum absolute atomic E-state index is 0.00103. The fourth-order valence-corrected chi connectivity index (χ4v) is 7.80. The van der Waals surface area contributed by atoms with E-state index in [0.717, 1.165) is 53.7 Å². The van der Waals surface area contributed by atoms with Gasteiger partial charge in [-0.3, -0.25) is 10.6 Å². The molecule has 7 nitrogen and oxygen atoms in total. The molecule has 0 radical (unpaired) electrons. The second-order valence-corrected chi connectivity index (χ2v) is 14.3. The first kappa shape index (κ1) is 31.3. The van der Waals surface area contributed by atoms with E-state index in [1.807, 2.05) is 19.2 Å². The Bertz CT molecular complexity index is 1770. The molecule has 0 aliphatic heterocycles. The SMILES string of the molecule is COc1ccc(-c2ccc(S(C)(=O)=O)cc2)cc1CN(C(=O)c1sc2c(F)ccc(F)c2c1Cl)[C@H]1CC[C@H](N(C)N)CC1. The minimum atomic E-state index is -3.34. The van der Waals surface area contributed by atoms with Crippen LogP contribution in [-0.4, -0.2) is 56.7 Å². The Morgan fingerprint density at radius 3 is 2.19 bits per heavy atom. The third kappa shape index (κ3) is 6.41. The Morgan fingerprint density at radius 1 is 1.00 bits per heavy atom. The number of fused-ring (bicyclic) bond motifs is 1. The van der Waals surface area contributed by atoms with Crippen molar-refractivity contribution in [3.8, 4) is 16.9 Å². The third-order valence-electron chi connectivity index (χ3n) is 8.06. The Kier molecular flexibility index (Phi) is 9.10. The van der Waals surface area contributed by atoms with Crippen molar-refractivity contribution in [1.29, 1.82) is 0 Å². The molecule has 1 aliphatic carbocycles. The van der Waals surface area contributed by atoms with E-state index >= 15 is 0 Å². The highest BCUT2D eigenvalue weighted by atomic mass is 35.5. The number of carbonyl (C=O) groups excluding carboxylic acids is 1. The summed E-state index contributed by atoms with van der Waals surface area (Å²) in [6, 6.07) is 14.2. The number of nitrogens with two attached hydrogens (primary N) is 1. The Morgan fingerprint density at radius 2 is 1.60 bits per heavy atom. The molecular weight excluding hydrogens is 616 g/mol. The van der Waals surface area contributed by atoms with Crippen LogP contribution in [0, 0.1) is 11.6 Å². The summed E-state index contributed by atoms with van der Waals surface area (Å²) in [5.74, 6) is 4.82. The summed E-state index contributed by atoms with van der Waals surface area (Å²) in [6.45, 7) is 0.153. The highest BCUT2D eigenvalue weighted by molar-refractivity contribution is 7.90. The van der Waals surface area contributed by atoms with E-state index in [1.54, 1.807) is 47.4 Å². The van der Waals surface area contributed by atoms with Crippen LogP contribution >= 0.6 is 22.9 Å². The number of sulfone groups is 1. The van der Waals surface area contributed by atoms with Crippen LogP contribution in [-0.2, 0) is 16.4 Å². The highest BCUT2D eigenvalue weighted by Crippen LogP contribution is 2.41. The quantitative estimate of drug-likeness (QED) is 0.170. The molecule has 12 heteroatoms. The molecule has 0 bridgehead atoms. The predicted octanol–water partition coefficient (Wildman–Crippen LogP) is 6.67. The topological polar surface area (TPSA) is 92.9 Å². The van der Waals surface area contributed by atoms with Gasteiger partial charge in [-0.25, -0.2) is 22.2 Å². The van der Waals surface area contributed by atoms with E-state index in [0.29, 0.717) is 24.2 Å². The van der Waals surface area contributed by atoms with E-state index in [1.165, 1.54) is 0 Å². The molecule has 1 saturated carbocycles. The maximum atomic E-state index is 14.7. The molecule has 3 aromatic carbocycles. The van der Waals surface area contributed by atoms with Gasteiger partial charge in [0.05, 0.1) is 27.1 Å². The third-order valence-corrected chi connectivity index (χ3v) is 10.9. The number of halogens is 3. The van der Waals surface area contributed by atoms with E-state index in [4.69, 9.17) is 22.2 Å². The van der Waals surface area contributed by atoms with Gasteiger partial charge in [-0.15, -0.1) is 11.3 Å². The Labute approximate surface area is 258 Å². The van der Waals surface area contributed by atoms with Gasteiger partial charge in [0.15, 0.2) is 9.84 Å². The molecule has 4 aromatic rings. The number of carbonyl (C=O) groups is 1. The van der Waals surface area contributed by atoms with Gasteiger partial charge in [0, 0.05) is 37.5 Å². The minimum Gasteiger partial charge on any atom is -0.496 e. The van der Waals surface area contributed by atoms with Crippen LogP contribution in [0.5, 0.6) is 5.75 Å². The zero-order valence-corrected chi connectivity index (χ0v) is 26.3. The number of thiophene rings is 1. The van der Waals surface area contributed by atoms with Gasteiger partial charge in [0.1, 0.15) is 22.3 Å². The van der Waals surface area contributed by atoms with E-state index in [9.17, 15) is 22.0 Å². The number of rotatable bonds is 8. The first-order chi connectivity index (χ1) is 20.4. The summed E-state index contributed by atoms with van der Waals surface area (Å²) in [5.41, 5.74) is 2.31. The molecule has 0 atom stereocenters. The van der Waals surface area contributed by atoms with E-state index in [2.05, 4.69) is 0 Å². The van der Waals surface area contributed by atoms with Crippen molar-refractivity contribution in [2.24, 2.45) is 5.84 Å². The summed E-state index contributed by atoms with van der Waals surface area (Å²) in [6.07, 6.45) is 4.06. The molecule has 1 amide bonds. The predicted molar refractivity (Wildman–Crippen MR) is 166 cm³/mol. The van der Waals surface area contributed by atoms with Crippen LogP contribution < -0.4 is 10.6 Å². The summed E-state index contributed by atoms with van der Waals surface area (Å²) in [5, 5.41) is 1.49. The van der Waals surface area contributed by atoms with Gasteiger partial charge in [-0.2, -0.15) is 0 Å². The normalized spacial score (nSPS) is 17.4. The monoisotopic (exact) mass is 647 g/mol. The van der Waals surface area contributed by atoms with Gasteiger partial charge in [0.25, 0.3) is 5.91 Å². The molecule has 43 heavy (non-hydrogen) atoms. The largest absolute Gasteiger partial charge is 0.496 e. The second-order valence-electron chi connectivity index (χ2n) is 10.9. The van der Waals surface area contributed by atoms with Crippen LogP contribution in [0.25, 0.3) is 21.2 Å². The first-order valence-corrected chi connectivity index (χ1v) is 16.8. The number of hydrogen-bond donors (Lipinski definition) is 1. The van der Waals surface area contributed by atoms with Crippen molar-refractivity contribution in [2.75, 3.05) is 20.4 Å². The second kappa shape index (κ2) is 12.5. The van der Waals surface area contributed by atoms with Gasteiger partial charge < -0.3 is 9.64 Å². The van der Waals surface area contributed by atoms with E-state index in [-0.39, 0.29) is 43.5 Å². The maximum absolute atomic E-state index is 14.7. The fourth-order valence-electron chi connectivity index (χ4n) is 5.67. The van der Waals surface area contributed by atoms with Crippen LogP contribution in [0.1, 0.15) is 40.9 Å². The molecule has 228 valence electrons. The molecule has 0 spiro atoms. The highest BCUT2D eigenvalue weighted by Gasteiger charge is 2.34. The van der Waals surface area contributed by atoms with Crippen molar-refractivity contribution >= 4 is 48.8 Å². The zero-order chi connectivity index (χ0) is 31.1. The van der Waals surface area contributed by atoms with Gasteiger partial charge in [0.2, 0.25) is 0 Å². The number of ether oxygens (including phenoxy) is 1. The molecule has 0 unspecified atom stereocenters. The molecule has 1 heterocycles. The number of benzene rings is 3. The first-order valence-electron chi connectivity index (χ1n) is 13.7. The van der Waals surface area contributed by atoms with Crippen molar-refractivity contribution in [2.45, 2.75) is 49.2 Å². The summed E-state index contributed by atoms with van der Waals surface area (Å²) in [7, 11) is 0.0252. The molecule has 1 aromatic heterocycles. The van der Waals surface area contributed by atoms with Crippen LogP contribution in [0.4, 0.5) is 8.78 Å². The van der Waals surface area contributed by atoms with Gasteiger partial charge in [-0.1, -0.05) is 29.8 Å². The molecule has 2 N–H and O–H groups in total. The zero-order valence-electron chi connectivity index (χ0n) is 23.9. The molecule has 1 fully saturated rings. The lowest BCUT2D eigenvalue weighted by molar-refractivity contribution is 0.0560. The van der Waals surface area contributed by atoms with Crippen molar-refractivity contribution in [3.63, 3.8) is 0 Å². The fraction of sp³-hybridized carbons (Fsp3) is 0.323. The Hall–Kier alpha value is -3.09. The number of amides is 1. The Balaban J connectivity index is 1.55. The summed E-state index contributed by atoms with van der Waals surface area (Å²) in [4.78, 5) is 16.2. The molecule has 5 rings (SSSR count). The van der Waals surface area contributed by atoms with E-state index < -0.39 is 27.4 Å². The molecule has 1 aliphatic rings. The molecular formula is C31H32ClF2N3O4S2.